The van der Waals surface area contributed by atoms with E-state index in [1.807, 2.05) is 20.8 Å². The minimum atomic E-state index is 0.0395. The SMILES string of the molecule is CCCCC(CC)C(=O)C=C(O)C(C)C. The maximum atomic E-state index is 11.8. The van der Waals surface area contributed by atoms with Crippen molar-refractivity contribution in [2.45, 2.75) is 53.4 Å². The summed E-state index contributed by atoms with van der Waals surface area (Å²) in [4.78, 5) is 11.8. The highest BCUT2D eigenvalue weighted by molar-refractivity contribution is 5.92. The van der Waals surface area contributed by atoms with Crippen LogP contribution in [0.1, 0.15) is 53.4 Å². The maximum Gasteiger partial charge on any atom is 0.162 e. The third-order valence-electron chi connectivity index (χ3n) is 2.68. The highest BCUT2D eigenvalue weighted by Crippen LogP contribution is 2.16. The first-order valence-electron chi connectivity index (χ1n) is 5.97. The molecular weight excluding hydrogens is 188 g/mol. The Morgan fingerprint density at radius 3 is 2.33 bits per heavy atom. The number of carbonyl (C=O) groups excluding carboxylic acids is 1. The Bertz CT molecular complexity index is 217. The van der Waals surface area contributed by atoms with E-state index in [1.165, 1.54) is 6.08 Å². The van der Waals surface area contributed by atoms with Gasteiger partial charge in [0.1, 0.15) is 0 Å². The smallest absolute Gasteiger partial charge is 0.162 e. The third-order valence-corrected chi connectivity index (χ3v) is 2.68. The predicted molar refractivity (Wildman–Crippen MR) is 63.9 cm³/mol. The molecule has 0 spiro atoms. The van der Waals surface area contributed by atoms with Crippen LogP contribution in [0.15, 0.2) is 11.8 Å². The summed E-state index contributed by atoms with van der Waals surface area (Å²) in [6.07, 6.45) is 5.41. The van der Waals surface area contributed by atoms with Crippen molar-refractivity contribution in [2.75, 3.05) is 0 Å². The van der Waals surface area contributed by atoms with Crippen LogP contribution >= 0.6 is 0 Å². The van der Waals surface area contributed by atoms with Gasteiger partial charge in [-0.15, -0.1) is 0 Å². The van der Waals surface area contributed by atoms with Crippen LogP contribution in [0.3, 0.4) is 0 Å². The van der Waals surface area contributed by atoms with Gasteiger partial charge in [-0.25, -0.2) is 0 Å². The number of ketones is 1. The summed E-state index contributed by atoms with van der Waals surface area (Å²) in [5.74, 6) is 0.413. The predicted octanol–water partition coefficient (Wildman–Crippen LogP) is 3.87. The summed E-state index contributed by atoms with van der Waals surface area (Å²) in [5.41, 5.74) is 0. The van der Waals surface area contributed by atoms with Gasteiger partial charge < -0.3 is 5.11 Å². The number of aliphatic hydroxyl groups is 1. The van der Waals surface area contributed by atoms with Crippen LogP contribution in [0.5, 0.6) is 0 Å². The fourth-order valence-corrected chi connectivity index (χ4v) is 1.43. The lowest BCUT2D eigenvalue weighted by Gasteiger charge is -2.11. The normalized spacial score (nSPS) is 14.3. The van der Waals surface area contributed by atoms with Crippen molar-refractivity contribution < 1.29 is 9.90 Å². The molecule has 0 radical (unpaired) electrons. The molecule has 0 aromatic heterocycles. The molecule has 0 aromatic carbocycles. The highest BCUT2D eigenvalue weighted by Gasteiger charge is 2.15. The Labute approximate surface area is 93.4 Å². The largest absolute Gasteiger partial charge is 0.512 e. The lowest BCUT2D eigenvalue weighted by molar-refractivity contribution is -0.118. The molecule has 88 valence electrons. The molecule has 0 heterocycles. The Hall–Kier alpha value is -0.790. The zero-order valence-corrected chi connectivity index (χ0v) is 10.4. The van der Waals surface area contributed by atoms with Crippen molar-refractivity contribution >= 4 is 5.78 Å². The molecule has 2 heteroatoms. The minimum absolute atomic E-state index is 0.0395. The van der Waals surface area contributed by atoms with Gasteiger partial charge in [0.25, 0.3) is 0 Å². The molecule has 0 fully saturated rings. The first-order chi connectivity index (χ1) is 7.02. The zero-order valence-electron chi connectivity index (χ0n) is 10.4. The fraction of sp³-hybridized carbons (Fsp3) is 0.769. The van der Waals surface area contributed by atoms with Crippen LogP contribution in [-0.2, 0) is 4.79 Å². The maximum absolute atomic E-state index is 11.8. The van der Waals surface area contributed by atoms with Crippen molar-refractivity contribution in [3.63, 3.8) is 0 Å². The van der Waals surface area contributed by atoms with Gasteiger partial charge in [0.2, 0.25) is 0 Å². The van der Waals surface area contributed by atoms with Crippen LogP contribution in [0.25, 0.3) is 0 Å². The quantitative estimate of drug-likeness (QED) is 0.514. The summed E-state index contributed by atoms with van der Waals surface area (Å²) in [5, 5.41) is 9.51. The molecule has 0 aliphatic heterocycles. The molecule has 0 rings (SSSR count). The Balaban J connectivity index is 4.32. The molecule has 0 aliphatic carbocycles. The fourth-order valence-electron chi connectivity index (χ4n) is 1.43. The van der Waals surface area contributed by atoms with E-state index in [-0.39, 0.29) is 23.4 Å². The molecule has 1 atom stereocenters. The summed E-state index contributed by atoms with van der Waals surface area (Å²) < 4.78 is 0. The van der Waals surface area contributed by atoms with Crippen LogP contribution in [0.4, 0.5) is 0 Å². The second kappa shape index (κ2) is 7.49. The number of aliphatic hydroxyl groups excluding tert-OH is 1. The molecule has 1 unspecified atom stereocenters. The Kier molecular flexibility index (Phi) is 7.10. The molecule has 0 amide bonds. The van der Waals surface area contributed by atoms with Crippen molar-refractivity contribution in [3.05, 3.63) is 11.8 Å². The first-order valence-corrected chi connectivity index (χ1v) is 5.97. The minimum Gasteiger partial charge on any atom is -0.512 e. The zero-order chi connectivity index (χ0) is 11.8. The molecule has 0 saturated heterocycles. The first kappa shape index (κ1) is 14.2. The van der Waals surface area contributed by atoms with Gasteiger partial charge in [0.15, 0.2) is 5.78 Å². The topological polar surface area (TPSA) is 37.3 Å². The van der Waals surface area contributed by atoms with Crippen LogP contribution in [0.2, 0.25) is 0 Å². The molecular formula is C13H24O2. The lowest BCUT2D eigenvalue weighted by atomic mass is 9.93. The average Bonchev–Trinajstić information content (AvgIpc) is 2.18. The van der Waals surface area contributed by atoms with Crippen molar-refractivity contribution in [1.82, 2.24) is 0 Å². The average molecular weight is 212 g/mol. The molecule has 2 nitrogen and oxygen atoms in total. The van der Waals surface area contributed by atoms with E-state index >= 15 is 0 Å². The van der Waals surface area contributed by atoms with E-state index in [0.29, 0.717) is 0 Å². The summed E-state index contributed by atoms with van der Waals surface area (Å²) in [6, 6.07) is 0. The molecule has 1 N–H and O–H groups in total. The molecule has 0 bridgehead atoms. The van der Waals surface area contributed by atoms with E-state index in [1.54, 1.807) is 0 Å². The monoisotopic (exact) mass is 212 g/mol. The van der Waals surface area contributed by atoms with E-state index in [0.717, 1.165) is 25.7 Å². The summed E-state index contributed by atoms with van der Waals surface area (Å²) in [6.45, 7) is 7.91. The van der Waals surface area contributed by atoms with Crippen molar-refractivity contribution in [1.29, 1.82) is 0 Å². The molecule has 0 aliphatic rings. The highest BCUT2D eigenvalue weighted by atomic mass is 16.3. The lowest BCUT2D eigenvalue weighted by Crippen LogP contribution is -2.12. The van der Waals surface area contributed by atoms with Gasteiger partial charge in [-0.3, -0.25) is 4.79 Å². The van der Waals surface area contributed by atoms with Gasteiger partial charge in [-0.1, -0.05) is 40.5 Å². The third kappa shape index (κ3) is 5.60. The van der Waals surface area contributed by atoms with Gasteiger partial charge in [0.05, 0.1) is 5.76 Å². The van der Waals surface area contributed by atoms with Gasteiger partial charge in [-0.2, -0.15) is 0 Å². The van der Waals surface area contributed by atoms with E-state index in [4.69, 9.17) is 0 Å². The van der Waals surface area contributed by atoms with Crippen LogP contribution < -0.4 is 0 Å². The van der Waals surface area contributed by atoms with Crippen LogP contribution in [0, 0.1) is 11.8 Å². The second-order valence-corrected chi connectivity index (χ2v) is 4.37. The van der Waals surface area contributed by atoms with Crippen LogP contribution in [-0.4, -0.2) is 10.9 Å². The van der Waals surface area contributed by atoms with Crippen molar-refractivity contribution in [2.24, 2.45) is 11.8 Å². The number of hydrogen-bond donors (Lipinski definition) is 1. The number of allylic oxidation sites excluding steroid dienone is 2. The van der Waals surface area contributed by atoms with E-state index < -0.39 is 0 Å². The van der Waals surface area contributed by atoms with Gasteiger partial charge in [0, 0.05) is 17.9 Å². The number of unbranched alkanes of at least 4 members (excludes halogenated alkanes) is 1. The molecule has 15 heavy (non-hydrogen) atoms. The number of carbonyl (C=O) groups is 1. The van der Waals surface area contributed by atoms with Gasteiger partial charge >= 0.3 is 0 Å². The standard InChI is InChI=1S/C13H24O2/c1-5-7-8-11(6-2)13(15)9-12(14)10(3)4/h9-11,14H,5-8H2,1-4H3. The van der Waals surface area contributed by atoms with E-state index in [9.17, 15) is 9.90 Å². The molecule has 0 aromatic rings. The van der Waals surface area contributed by atoms with Gasteiger partial charge in [-0.05, 0) is 12.8 Å². The van der Waals surface area contributed by atoms with E-state index in [2.05, 4.69) is 6.92 Å². The summed E-state index contributed by atoms with van der Waals surface area (Å²) in [7, 11) is 0. The molecule has 0 saturated carbocycles. The van der Waals surface area contributed by atoms with Crippen molar-refractivity contribution in [3.8, 4) is 0 Å². The Morgan fingerprint density at radius 2 is 1.93 bits per heavy atom. The second-order valence-electron chi connectivity index (χ2n) is 4.37. The number of hydrogen-bond acceptors (Lipinski definition) is 2. The number of rotatable bonds is 7. The Morgan fingerprint density at radius 1 is 1.33 bits per heavy atom. The summed E-state index contributed by atoms with van der Waals surface area (Å²) >= 11 is 0.